The highest BCUT2D eigenvalue weighted by molar-refractivity contribution is 6.30. The fourth-order valence-electron chi connectivity index (χ4n) is 3.11. The van der Waals surface area contributed by atoms with E-state index < -0.39 is 5.97 Å². The van der Waals surface area contributed by atoms with Gasteiger partial charge in [-0.3, -0.25) is 4.79 Å². The number of rotatable bonds is 4. The van der Waals surface area contributed by atoms with Crippen molar-refractivity contribution in [2.75, 3.05) is 0 Å². The Balaban J connectivity index is 1.53. The molecule has 0 bridgehead atoms. The summed E-state index contributed by atoms with van der Waals surface area (Å²) in [7, 11) is 0. The largest absolute Gasteiger partial charge is 0.452 e. The number of fused-ring (bicyclic) bond motifs is 1. The van der Waals surface area contributed by atoms with Crippen LogP contribution in [0.3, 0.4) is 0 Å². The molecule has 3 aromatic carbocycles. The summed E-state index contributed by atoms with van der Waals surface area (Å²) in [5.41, 5.74) is 2.54. The molecule has 0 atom stereocenters. The molecule has 4 nitrogen and oxygen atoms in total. The zero-order valence-electron chi connectivity index (χ0n) is 16.1. The molecule has 0 saturated heterocycles. The van der Waals surface area contributed by atoms with Crippen LogP contribution in [0.4, 0.5) is 0 Å². The number of hydrogen-bond donors (Lipinski definition) is 0. The number of Topliss-reactive ketones (excluding diaryl/α,β-unsaturated/α-hetero) is 1. The first-order valence-electron chi connectivity index (χ1n) is 9.29. The first-order valence-corrected chi connectivity index (χ1v) is 9.67. The summed E-state index contributed by atoms with van der Waals surface area (Å²) in [6.45, 7) is 1.78. The smallest absolute Gasteiger partial charge is 0.343 e. The van der Waals surface area contributed by atoms with Crippen LogP contribution in [0.1, 0.15) is 31.8 Å². The molecule has 0 fully saturated rings. The van der Waals surface area contributed by atoms with Crippen molar-refractivity contribution in [3.8, 4) is 11.5 Å². The average Bonchev–Trinajstić information content (AvgIpc) is 3.05. The van der Waals surface area contributed by atoms with E-state index in [-0.39, 0.29) is 11.5 Å². The van der Waals surface area contributed by atoms with E-state index in [1.54, 1.807) is 55.5 Å². The standard InChI is InChI=1S/C25H17ClO4/c1-16-14-20(29-25(28)18-10-12-19(26)13-11-18)15-22-23(16)24(27)21(30-22)9-5-8-17-6-3-2-4-7-17/h2-15H,1H3/b8-5+,21-9-. The van der Waals surface area contributed by atoms with Gasteiger partial charge in [0.1, 0.15) is 11.5 Å². The Morgan fingerprint density at radius 1 is 1.03 bits per heavy atom. The fraction of sp³-hybridized carbons (Fsp3) is 0.0400. The Hall–Kier alpha value is -3.63. The molecule has 3 aromatic rings. The first kappa shape index (κ1) is 19.7. The number of aryl methyl sites for hydroxylation is 1. The zero-order valence-corrected chi connectivity index (χ0v) is 16.8. The molecule has 5 heteroatoms. The Kier molecular flexibility index (Phi) is 5.50. The minimum absolute atomic E-state index is 0.198. The third-order valence-corrected chi connectivity index (χ3v) is 4.82. The van der Waals surface area contributed by atoms with Crippen molar-refractivity contribution in [2.45, 2.75) is 6.92 Å². The van der Waals surface area contributed by atoms with Gasteiger partial charge in [-0.2, -0.15) is 0 Å². The van der Waals surface area contributed by atoms with Gasteiger partial charge in [-0.25, -0.2) is 4.79 Å². The van der Waals surface area contributed by atoms with Crippen molar-refractivity contribution in [2.24, 2.45) is 0 Å². The molecular weight excluding hydrogens is 400 g/mol. The Morgan fingerprint density at radius 3 is 2.50 bits per heavy atom. The summed E-state index contributed by atoms with van der Waals surface area (Å²) in [5.74, 6) is 0.187. The SMILES string of the molecule is Cc1cc(OC(=O)c2ccc(Cl)cc2)cc2c1C(=O)/C(=C/C=C/c1ccccc1)O2. The predicted molar refractivity (Wildman–Crippen MR) is 116 cm³/mol. The third kappa shape index (κ3) is 4.19. The molecule has 4 rings (SSSR count). The van der Waals surface area contributed by atoms with Crippen molar-refractivity contribution < 1.29 is 19.1 Å². The molecule has 0 unspecified atom stereocenters. The van der Waals surface area contributed by atoms with Crippen LogP contribution in [0, 0.1) is 6.92 Å². The Labute approximate surface area is 179 Å². The van der Waals surface area contributed by atoms with E-state index in [0.717, 1.165) is 5.56 Å². The van der Waals surface area contributed by atoms with Crippen LogP contribution < -0.4 is 9.47 Å². The fourth-order valence-corrected chi connectivity index (χ4v) is 3.24. The number of allylic oxidation sites excluding steroid dienone is 3. The van der Waals surface area contributed by atoms with Gasteiger partial charge in [0, 0.05) is 11.1 Å². The van der Waals surface area contributed by atoms with Gasteiger partial charge in [0.05, 0.1) is 11.1 Å². The van der Waals surface area contributed by atoms with Crippen molar-refractivity contribution in [1.82, 2.24) is 0 Å². The van der Waals surface area contributed by atoms with Crippen molar-refractivity contribution in [3.05, 3.63) is 112 Å². The summed E-state index contributed by atoms with van der Waals surface area (Å²) in [5, 5.41) is 0.535. The van der Waals surface area contributed by atoms with Crippen LogP contribution in [0.5, 0.6) is 11.5 Å². The van der Waals surface area contributed by atoms with Gasteiger partial charge in [-0.1, -0.05) is 54.1 Å². The van der Waals surface area contributed by atoms with Crippen molar-refractivity contribution in [3.63, 3.8) is 0 Å². The summed E-state index contributed by atoms with van der Waals surface area (Å²) < 4.78 is 11.2. The molecule has 0 radical (unpaired) electrons. The Bertz CT molecular complexity index is 1180. The molecule has 148 valence electrons. The molecule has 0 spiro atoms. The van der Waals surface area contributed by atoms with Crippen LogP contribution in [-0.4, -0.2) is 11.8 Å². The lowest BCUT2D eigenvalue weighted by atomic mass is 10.0. The lowest BCUT2D eigenvalue weighted by Gasteiger charge is -2.08. The number of ether oxygens (including phenoxy) is 2. The monoisotopic (exact) mass is 416 g/mol. The van der Waals surface area contributed by atoms with E-state index in [9.17, 15) is 9.59 Å². The van der Waals surface area contributed by atoms with Crippen LogP contribution in [0.25, 0.3) is 6.08 Å². The molecule has 0 saturated carbocycles. The zero-order chi connectivity index (χ0) is 21.1. The van der Waals surface area contributed by atoms with Gasteiger partial charge in [-0.05, 0) is 54.5 Å². The number of carbonyl (C=O) groups is 2. The Morgan fingerprint density at radius 2 is 1.77 bits per heavy atom. The van der Waals surface area contributed by atoms with Crippen LogP contribution >= 0.6 is 11.6 Å². The molecule has 0 aromatic heterocycles. The normalized spacial score (nSPS) is 14.1. The molecular formula is C25H17ClO4. The van der Waals surface area contributed by atoms with Gasteiger partial charge < -0.3 is 9.47 Å². The predicted octanol–water partition coefficient (Wildman–Crippen LogP) is 6.04. The number of esters is 1. The molecule has 0 aliphatic carbocycles. The maximum Gasteiger partial charge on any atom is 0.343 e. The van der Waals surface area contributed by atoms with E-state index in [1.807, 2.05) is 36.4 Å². The third-order valence-electron chi connectivity index (χ3n) is 4.57. The maximum atomic E-state index is 12.7. The van der Waals surface area contributed by atoms with E-state index in [2.05, 4.69) is 0 Å². The number of carbonyl (C=O) groups excluding carboxylic acids is 2. The molecule has 1 aliphatic heterocycles. The van der Waals surface area contributed by atoms with E-state index in [1.165, 1.54) is 0 Å². The van der Waals surface area contributed by atoms with Gasteiger partial charge in [0.25, 0.3) is 0 Å². The maximum absolute atomic E-state index is 12.7. The van der Waals surface area contributed by atoms with Crippen molar-refractivity contribution in [1.29, 1.82) is 0 Å². The highest BCUT2D eigenvalue weighted by atomic mass is 35.5. The summed E-state index contributed by atoms with van der Waals surface area (Å²) in [6.07, 6.45) is 5.29. The van der Waals surface area contributed by atoms with E-state index in [4.69, 9.17) is 21.1 Å². The summed E-state index contributed by atoms with van der Waals surface area (Å²) in [6, 6.07) is 19.4. The van der Waals surface area contributed by atoms with Gasteiger partial charge in [-0.15, -0.1) is 0 Å². The minimum atomic E-state index is -0.517. The molecule has 1 heterocycles. The lowest BCUT2D eigenvalue weighted by Crippen LogP contribution is -2.08. The molecule has 0 amide bonds. The average molecular weight is 417 g/mol. The second-order valence-corrected chi connectivity index (χ2v) is 7.18. The number of benzene rings is 3. The summed E-state index contributed by atoms with van der Waals surface area (Å²) >= 11 is 5.85. The highest BCUT2D eigenvalue weighted by Gasteiger charge is 2.30. The van der Waals surface area contributed by atoms with E-state index in [0.29, 0.717) is 33.2 Å². The second kappa shape index (κ2) is 8.39. The lowest BCUT2D eigenvalue weighted by molar-refractivity contribution is 0.0734. The van der Waals surface area contributed by atoms with Crippen LogP contribution in [0.15, 0.2) is 84.6 Å². The van der Waals surface area contributed by atoms with Gasteiger partial charge in [0.2, 0.25) is 5.78 Å². The summed E-state index contributed by atoms with van der Waals surface area (Å²) in [4.78, 5) is 25.0. The van der Waals surface area contributed by atoms with E-state index >= 15 is 0 Å². The molecule has 0 N–H and O–H groups in total. The topological polar surface area (TPSA) is 52.6 Å². The quantitative estimate of drug-likeness (QED) is 0.295. The molecule has 30 heavy (non-hydrogen) atoms. The first-order chi connectivity index (χ1) is 14.5. The second-order valence-electron chi connectivity index (χ2n) is 6.74. The highest BCUT2D eigenvalue weighted by Crippen LogP contribution is 2.37. The molecule has 1 aliphatic rings. The van der Waals surface area contributed by atoms with Crippen LogP contribution in [-0.2, 0) is 0 Å². The van der Waals surface area contributed by atoms with Gasteiger partial charge >= 0.3 is 5.97 Å². The number of hydrogen-bond acceptors (Lipinski definition) is 4. The van der Waals surface area contributed by atoms with Gasteiger partial charge in [0.15, 0.2) is 5.76 Å². The van der Waals surface area contributed by atoms with Crippen LogP contribution in [0.2, 0.25) is 5.02 Å². The number of halogens is 1. The number of ketones is 1. The minimum Gasteiger partial charge on any atom is -0.452 e. The van der Waals surface area contributed by atoms with Crippen molar-refractivity contribution >= 4 is 29.4 Å².